The van der Waals surface area contributed by atoms with Crippen molar-refractivity contribution in [3.63, 3.8) is 0 Å². The van der Waals surface area contributed by atoms with Crippen LogP contribution in [0.2, 0.25) is 0 Å². The second kappa shape index (κ2) is 4.62. The van der Waals surface area contributed by atoms with Crippen molar-refractivity contribution in [1.29, 1.82) is 0 Å². The minimum Gasteiger partial charge on any atom is -0.492 e. The molecular weight excluding hydrogens is 264 g/mol. The number of benzene rings is 2. The number of ether oxygens (including phenoxy) is 1. The van der Waals surface area contributed by atoms with Crippen molar-refractivity contribution in [3.05, 3.63) is 53.1 Å². The van der Waals surface area contributed by atoms with Gasteiger partial charge in [-0.1, -0.05) is 32.0 Å². The fourth-order valence-corrected chi connectivity index (χ4v) is 2.87. The first-order chi connectivity index (χ1) is 9.90. The van der Waals surface area contributed by atoms with E-state index in [-0.39, 0.29) is 5.41 Å². The Bertz CT molecular complexity index is 729. The average molecular weight is 282 g/mol. The number of carboxylic acids is 1. The van der Waals surface area contributed by atoms with Crippen LogP contribution in [0, 0.1) is 6.92 Å². The van der Waals surface area contributed by atoms with Gasteiger partial charge in [-0.25, -0.2) is 4.79 Å². The molecule has 108 valence electrons. The van der Waals surface area contributed by atoms with Crippen LogP contribution in [0.5, 0.6) is 5.75 Å². The van der Waals surface area contributed by atoms with Gasteiger partial charge in [-0.3, -0.25) is 0 Å². The van der Waals surface area contributed by atoms with Gasteiger partial charge < -0.3 is 9.84 Å². The minimum atomic E-state index is -0.890. The van der Waals surface area contributed by atoms with Crippen molar-refractivity contribution in [2.24, 2.45) is 0 Å². The molecule has 0 fully saturated rings. The number of carbonyl (C=O) groups is 1. The van der Waals surface area contributed by atoms with Crippen LogP contribution in [0.3, 0.4) is 0 Å². The van der Waals surface area contributed by atoms with Gasteiger partial charge in [0.1, 0.15) is 5.75 Å². The third-order valence-corrected chi connectivity index (χ3v) is 4.17. The fourth-order valence-electron chi connectivity index (χ4n) is 2.87. The Morgan fingerprint density at radius 1 is 1.24 bits per heavy atom. The van der Waals surface area contributed by atoms with Crippen LogP contribution in [-0.4, -0.2) is 17.7 Å². The molecule has 0 atom stereocenters. The highest BCUT2D eigenvalue weighted by atomic mass is 16.5. The molecule has 0 unspecified atom stereocenters. The zero-order valence-electron chi connectivity index (χ0n) is 12.4. The highest BCUT2D eigenvalue weighted by Crippen LogP contribution is 2.41. The molecule has 0 aliphatic carbocycles. The molecule has 1 aliphatic rings. The lowest BCUT2D eigenvalue weighted by Gasteiger charge is -2.16. The van der Waals surface area contributed by atoms with Gasteiger partial charge in [0, 0.05) is 11.0 Å². The van der Waals surface area contributed by atoms with Crippen molar-refractivity contribution in [2.45, 2.75) is 26.2 Å². The number of rotatable bonds is 2. The van der Waals surface area contributed by atoms with Gasteiger partial charge in [0.15, 0.2) is 0 Å². The van der Waals surface area contributed by atoms with E-state index >= 15 is 0 Å². The molecule has 0 radical (unpaired) electrons. The largest absolute Gasteiger partial charge is 0.492 e. The maximum absolute atomic E-state index is 11.3. The predicted octanol–water partition coefficient (Wildman–Crippen LogP) is 4.03. The molecule has 21 heavy (non-hydrogen) atoms. The Morgan fingerprint density at radius 2 is 2.00 bits per heavy atom. The molecule has 1 aliphatic heterocycles. The molecule has 0 amide bonds. The maximum Gasteiger partial charge on any atom is 0.335 e. The quantitative estimate of drug-likeness (QED) is 0.904. The summed E-state index contributed by atoms with van der Waals surface area (Å²) in [5.41, 5.74) is 4.31. The van der Waals surface area contributed by atoms with E-state index in [4.69, 9.17) is 4.74 Å². The molecule has 3 heteroatoms. The summed E-state index contributed by atoms with van der Waals surface area (Å²) in [7, 11) is 0. The molecular formula is C18H18O3. The van der Waals surface area contributed by atoms with E-state index < -0.39 is 5.97 Å². The van der Waals surface area contributed by atoms with Gasteiger partial charge in [-0.05, 0) is 41.8 Å². The Balaban J connectivity index is 2.15. The Hall–Kier alpha value is -2.29. The van der Waals surface area contributed by atoms with Crippen LogP contribution < -0.4 is 4.74 Å². The van der Waals surface area contributed by atoms with Crippen molar-refractivity contribution < 1.29 is 14.6 Å². The first-order valence-electron chi connectivity index (χ1n) is 7.01. The van der Waals surface area contributed by atoms with Crippen LogP contribution in [-0.2, 0) is 5.41 Å². The summed E-state index contributed by atoms with van der Waals surface area (Å²) in [5.74, 6) is 0.0370. The first-order valence-corrected chi connectivity index (χ1v) is 7.01. The highest BCUT2D eigenvalue weighted by molar-refractivity contribution is 5.92. The normalized spacial score (nSPS) is 15.4. The van der Waals surface area contributed by atoms with Crippen LogP contribution in [0.25, 0.3) is 11.1 Å². The zero-order valence-corrected chi connectivity index (χ0v) is 12.4. The molecule has 1 N–H and O–H groups in total. The van der Waals surface area contributed by atoms with Crippen LogP contribution in [0.1, 0.15) is 35.3 Å². The summed E-state index contributed by atoms with van der Waals surface area (Å²) in [6.07, 6.45) is 0. The Kier molecular flexibility index (Phi) is 3.01. The van der Waals surface area contributed by atoms with Gasteiger partial charge in [-0.2, -0.15) is 0 Å². The maximum atomic E-state index is 11.3. The number of aromatic carboxylic acids is 1. The van der Waals surface area contributed by atoms with Crippen LogP contribution in [0.15, 0.2) is 36.4 Å². The third-order valence-electron chi connectivity index (χ3n) is 4.17. The fraction of sp³-hybridized carbons (Fsp3) is 0.278. The smallest absolute Gasteiger partial charge is 0.335 e. The summed E-state index contributed by atoms with van der Waals surface area (Å²) in [6, 6.07) is 11.5. The molecule has 3 rings (SSSR count). The van der Waals surface area contributed by atoms with Gasteiger partial charge in [0.2, 0.25) is 0 Å². The zero-order chi connectivity index (χ0) is 15.2. The second-order valence-corrected chi connectivity index (χ2v) is 6.17. The van der Waals surface area contributed by atoms with Gasteiger partial charge >= 0.3 is 5.97 Å². The Morgan fingerprint density at radius 3 is 2.71 bits per heavy atom. The van der Waals surface area contributed by atoms with Crippen LogP contribution >= 0.6 is 0 Å². The molecule has 2 aromatic carbocycles. The minimum absolute atomic E-state index is 0.0103. The lowest BCUT2D eigenvalue weighted by Crippen LogP contribution is -2.18. The molecule has 0 saturated carbocycles. The second-order valence-electron chi connectivity index (χ2n) is 6.17. The van der Waals surface area contributed by atoms with E-state index in [0.717, 1.165) is 22.4 Å². The average Bonchev–Trinajstić information content (AvgIpc) is 2.74. The topological polar surface area (TPSA) is 46.5 Å². The summed E-state index contributed by atoms with van der Waals surface area (Å²) in [6.45, 7) is 6.85. The standard InChI is InChI=1S/C18H18O3/c1-11-13(5-4-6-14(11)17(19)20)12-7-8-16-15(9-12)18(2,3)10-21-16/h4-9H,10H2,1-3H3,(H,19,20). The summed E-state index contributed by atoms with van der Waals surface area (Å²) < 4.78 is 5.70. The van der Waals surface area contributed by atoms with Crippen molar-refractivity contribution in [2.75, 3.05) is 6.61 Å². The number of hydrogen-bond acceptors (Lipinski definition) is 2. The number of fused-ring (bicyclic) bond motifs is 1. The molecule has 0 spiro atoms. The third kappa shape index (κ3) is 2.19. The van der Waals surface area contributed by atoms with Crippen LogP contribution in [0.4, 0.5) is 0 Å². The molecule has 2 aromatic rings. The molecule has 0 aromatic heterocycles. The van der Waals surface area contributed by atoms with E-state index in [2.05, 4.69) is 19.9 Å². The van der Waals surface area contributed by atoms with Crippen molar-refractivity contribution >= 4 is 5.97 Å². The molecule has 0 bridgehead atoms. The van der Waals surface area contributed by atoms with Gasteiger partial charge in [-0.15, -0.1) is 0 Å². The number of carboxylic acid groups (broad SMARTS) is 1. The van der Waals surface area contributed by atoms with E-state index in [1.165, 1.54) is 5.56 Å². The van der Waals surface area contributed by atoms with Crippen molar-refractivity contribution in [1.82, 2.24) is 0 Å². The van der Waals surface area contributed by atoms with Gasteiger partial charge in [0.25, 0.3) is 0 Å². The molecule has 3 nitrogen and oxygen atoms in total. The summed E-state index contributed by atoms with van der Waals surface area (Å²) in [5, 5.41) is 9.25. The van der Waals surface area contributed by atoms with E-state index in [9.17, 15) is 9.90 Å². The lowest BCUT2D eigenvalue weighted by atomic mass is 9.85. The van der Waals surface area contributed by atoms with E-state index in [0.29, 0.717) is 12.2 Å². The molecule has 1 heterocycles. The summed E-state index contributed by atoms with van der Waals surface area (Å²) in [4.78, 5) is 11.3. The number of hydrogen-bond donors (Lipinski definition) is 1. The lowest BCUT2D eigenvalue weighted by molar-refractivity contribution is 0.0696. The first kappa shape index (κ1) is 13.7. The van der Waals surface area contributed by atoms with E-state index in [1.807, 2.05) is 25.1 Å². The van der Waals surface area contributed by atoms with Crippen molar-refractivity contribution in [3.8, 4) is 16.9 Å². The molecule has 0 saturated heterocycles. The van der Waals surface area contributed by atoms with E-state index in [1.54, 1.807) is 12.1 Å². The van der Waals surface area contributed by atoms with Gasteiger partial charge in [0.05, 0.1) is 12.2 Å². The Labute approximate surface area is 124 Å². The predicted molar refractivity (Wildman–Crippen MR) is 82.1 cm³/mol. The SMILES string of the molecule is Cc1c(C(=O)O)cccc1-c1ccc2c(c1)C(C)(C)CO2. The monoisotopic (exact) mass is 282 g/mol. The summed E-state index contributed by atoms with van der Waals surface area (Å²) >= 11 is 0. The highest BCUT2D eigenvalue weighted by Gasteiger charge is 2.32.